The number of aldehydes is 2. The Balaban J connectivity index is 0.000000543. The molecule has 22 heteroatoms. The van der Waals surface area contributed by atoms with E-state index in [0.29, 0.717) is 90.9 Å². The van der Waals surface area contributed by atoms with Crippen LogP contribution >= 0.6 is 11.8 Å². The van der Waals surface area contributed by atoms with Gasteiger partial charge in [0.2, 0.25) is 11.8 Å². The van der Waals surface area contributed by atoms with Crippen molar-refractivity contribution in [2.45, 2.75) is 53.8 Å². The maximum absolute atomic E-state index is 12.2. The summed E-state index contributed by atoms with van der Waals surface area (Å²) in [7, 11) is 3.67. The molecule has 0 unspecified atom stereocenters. The van der Waals surface area contributed by atoms with Gasteiger partial charge in [-0.15, -0.1) is 0 Å². The van der Waals surface area contributed by atoms with Crippen molar-refractivity contribution in [2.24, 2.45) is 21.5 Å². The average Bonchev–Trinajstić information content (AvgIpc) is 4.08. The molecule has 0 radical (unpaired) electrons. The van der Waals surface area contributed by atoms with Crippen LogP contribution in [0.1, 0.15) is 73.3 Å². The van der Waals surface area contributed by atoms with Crippen LogP contribution in [0.2, 0.25) is 0 Å². The van der Waals surface area contributed by atoms with Crippen LogP contribution in [0.15, 0.2) is 83.1 Å². The minimum Gasteiger partial charge on any atom is -0.491 e. The molecule has 3 aromatic heterocycles. The minimum absolute atomic E-state index is 0.209. The summed E-state index contributed by atoms with van der Waals surface area (Å²) in [4.78, 5) is 57.5. The van der Waals surface area contributed by atoms with Gasteiger partial charge in [0.1, 0.15) is 40.9 Å². The number of nitrogens with zero attached hydrogens (tertiary/aromatic N) is 10. The molecule has 2 aromatic carbocycles. The Morgan fingerprint density at radius 2 is 1.27 bits per heavy atom. The van der Waals surface area contributed by atoms with E-state index in [2.05, 4.69) is 49.3 Å². The van der Waals surface area contributed by atoms with E-state index in [9.17, 15) is 19.2 Å². The normalized spacial score (nSPS) is 10.8. The molecule has 8 N–H and O–H groups in total. The number of carbonyl (C=O) groups excluding carboxylic acids is 4. The Labute approximate surface area is 420 Å². The first kappa shape index (κ1) is 57.8. The Hall–Kier alpha value is -7.56. The van der Waals surface area contributed by atoms with Gasteiger partial charge in [0.15, 0.2) is 12.6 Å². The second-order valence-electron chi connectivity index (χ2n) is 15.4. The van der Waals surface area contributed by atoms with Crippen LogP contribution in [0.3, 0.4) is 0 Å². The third kappa shape index (κ3) is 18.0. The molecule has 2 amide bonds. The molecule has 0 saturated carbocycles. The fourth-order valence-electron chi connectivity index (χ4n) is 6.90. The lowest BCUT2D eigenvalue weighted by molar-refractivity contribution is 0.0991. The fraction of sp³-hybridized carbons (Fsp3) is 0.367. The molecular formula is C49H69N15O6S. The molecule has 5 rings (SSSR count). The molecule has 382 valence electrons. The molecule has 71 heavy (non-hydrogen) atoms. The Kier molecular flexibility index (Phi) is 25.1. The topological polar surface area (TPSA) is 274 Å². The number of thioether (sulfide) groups is 1. The summed E-state index contributed by atoms with van der Waals surface area (Å²) in [5.41, 5.74) is 23.5. The maximum atomic E-state index is 12.2. The summed E-state index contributed by atoms with van der Waals surface area (Å²) in [6.45, 7) is 19.6. The number of nitrogens with one attached hydrogen (secondary N) is 2. The third-order valence-corrected chi connectivity index (χ3v) is 10.8. The van der Waals surface area contributed by atoms with E-state index in [1.165, 1.54) is 0 Å². The van der Waals surface area contributed by atoms with Crippen LogP contribution in [0.4, 0.5) is 28.4 Å². The average molecular weight is 996 g/mol. The molecule has 21 nitrogen and oxygen atoms in total. The zero-order chi connectivity index (χ0) is 52.3. The molecule has 0 fully saturated rings. The van der Waals surface area contributed by atoms with Crippen LogP contribution in [0.25, 0.3) is 0 Å². The molecule has 0 bridgehead atoms. The highest BCUT2D eigenvalue weighted by Gasteiger charge is 2.21. The van der Waals surface area contributed by atoms with Gasteiger partial charge in [0, 0.05) is 43.5 Å². The van der Waals surface area contributed by atoms with Gasteiger partial charge in [-0.3, -0.25) is 43.2 Å². The van der Waals surface area contributed by atoms with Crippen molar-refractivity contribution in [1.82, 2.24) is 40.0 Å². The lowest BCUT2D eigenvalue weighted by Crippen LogP contribution is -2.34. The number of carbonyl (C=O) groups is 4. The number of rotatable bonds is 28. The second-order valence-corrected chi connectivity index (χ2v) is 16.4. The van der Waals surface area contributed by atoms with E-state index in [1.807, 2.05) is 82.1 Å². The molecule has 0 aliphatic heterocycles. The van der Waals surface area contributed by atoms with Crippen molar-refractivity contribution in [3.63, 3.8) is 0 Å². The van der Waals surface area contributed by atoms with Crippen molar-refractivity contribution in [3.05, 3.63) is 107 Å². The predicted molar refractivity (Wildman–Crippen MR) is 286 cm³/mol. The van der Waals surface area contributed by atoms with Crippen LogP contribution in [-0.2, 0) is 19.6 Å². The molecule has 0 spiro atoms. The van der Waals surface area contributed by atoms with E-state index < -0.39 is 11.8 Å². The van der Waals surface area contributed by atoms with Gasteiger partial charge in [-0.2, -0.15) is 27.1 Å². The fourth-order valence-corrected chi connectivity index (χ4v) is 7.31. The molecule has 0 atom stereocenters. The second kappa shape index (κ2) is 30.8. The summed E-state index contributed by atoms with van der Waals surface area (Å²) in [5, 5.41) is 18.7. The highest BCUT2D eigenvalue weighted by Crippen LogP contribution is 2.41. The predicted octanol–water partition coefficient (Wildman–Crippen LogP) is 5.37. The molecule has 0 aliphatic carbocycles. The Bertz CT molecular complexity index is 2530. The molecule has 5 aromatic rings. The zero-order valence-electron chi connectivity index (χ0n) is 41.8. The van der Waals surface area contributed by atoms with Crippen LogP contribution < -0.4 is 47.1 Å². The number of aromatic nitrogens is 6. The minimum atomic E-state index is -0.613. The van der Waals surface area contributed by atoms with Gasteiger partial charge in [0.25, 0.3) is 0 Å². The van der Waals surface area contributed by atoms with Crippen molar-refractivity contribution in [3.8, 4) is 11.5 Å². The van der Waals surface area contributed by atoms with Crippen LogP contribution in [0, 0.1) is 13.8 Å². The van der Waals surface area contributed by atoms with E-state index in [1.54, 1.807) is 74.6 Å². The summed E-state index contributed by atoms with van der Waals surface area (Å²) in [5.74, 6) is 0.653. The van der Waals surface area contributed by atoms with E-state index in [-0.39, 0.29) is 17.7 Å². The number of benzene rings is 2. The number of amides is 2. The van der Waals surface area contributed by atoms with Gasteiger partial charge < -0.3 is 47.1 Å². The number of primary amides is 2. The Morgan fingerprint density at radius 1 is 0.775 bits per heavy atom. The number of allylic oxidation sites excluding steroid dienone is 1. The zero-order valence-corrected chi connectivity index (χ0v) is 42.7. The van der Waals surface area contributed by atoms with Gasteiger partial charge in [0.05, 0.1) is 61.1 Å². The smallest absolute Gasteiger partial charge is 0.248 e. The number of anilines is 3. The van der Waals surface area contributed by atoms with Crippen molar-refractivity contribution in [1.29, 1.82) is 0 Å². The first-order chi connectivity index (χ1) is 34.2. The lowest BCUT2D eigenvalue weighted by atomic mass is 10.1. The maximum Gasteiger partial charge on any atom is 0.248 e. The monoisotopic (exact) mass is 996 g/mol. The van der Waals surface area contributed by atoms with Gasteiger partial charge in [-0.25, -0.2) is 0 Å². The molecule has 3 heterocycles. The number of nitrogens with two attached hydrogens (primary N) is 3. The largest absolute Gasteiger partial charge is 0.491 e. The summed E-state index contributed by atoms with van der Waals surface area (Å²) in [6, 6.07) is 10.0. The SMILES string of the molecule is C=Nc1cc(C(N)=O)cc(OC/C=C/Cn2cc(N)cn2)c1N(C/C=C/CN(CNC)c1c(N=C)cc(C(N)=O)cc1OCCCSC)CNC.CCn1nc(C)cc1C=O.CCn1nc(C)cc1C=O. The number of ether oxygens (including phenoxy) is 2. The summed E-state index contributed by atoms with van der Waals surface area (Å²) < 4.78 is 17.4. The highest BCUT2D eigenvalue weighted by molar-refractivity contribution is 7.98. The van der Waals surface area contributed by atoms with Gasteiger partial charge in [-0.1, -0.05) is 18.2 Å². The van der Waals surface area contributed by atoms with E-state index in [4.69, 9.17) is 26.7 Å². The van der Waals surface area contributed by atoms with Crippen LogP contribution in [-0.4, -0.2) is 133 Å². The Morgan fingerprint density at radius 3 is 1.65 bits per heavy atom. The number of aliphatic imine (C=N–C) groups is 2. The molecule has 0 saturated heterocycles. The van der Waals surface area contributed by atoms with E-state index >= 15 is 0 Å². The number of nitrogen functional groups attached to an aromatic ring is 1. The van der Waals surface area contributed by atoms with Gasteiger partial charge in [-0.05, 0) is 116 Å². The molecular weight excluding hydrogens is 927 g/mol. The lowest BCUT2D eigenvalue weighted by Gasteiger charge is -2.28. The van der Waals surface area contributed by atoms with E-state index in [0.717, 1.165) is 49.2 Å². The van der Waals surface area contributed by atoms with Gasteiger partial charge >= 0.3 is 0 Å². The molecule has 0 aliphatic rings. The quantitative estimate of drug-likeness (QED) is 0.0139. The standard InChI is InChI=1S/C35H49N11O4S.2C7H10N2O/c1-39-23-44(32-28(41-3)17-25(34(37)47)19-30(32)49-14-9-8-13-46-22-27(36)21-43-46)11-6-7-12-45(24-40-2)33-29(42-4)18-26(35(38)48)20-31(33)50-15-10-16-51-5;2*1-3-9-7(5-10)4-6(2)8-9/h6-9,17-22,39-40H,3-4,10-16,23-24,36H2,1-2,5H3,(H2,37,47)(H2,38,48);2*4-5H,3H2,1-2H3/b7-6+,9-8+;;. The van der Waals surface area contributed by atoms with Crippen molar-refractivity contribution >= 4 is 78.0 Å². The summed E-state index contributed by atoms with van der Waals surface area (Å²) in [6.07, 6.45) is 15.6. The first-order valence-electron chi connectivity index (χ1n) is 22.7. The highest BCUT2D eigenvalue weighted by atomic mass is 32.2. The van der Waals surface area contributed by atoms with Crippen molar-refractivity contribution in [2.75, 3.05) is 81.3 Å². The summed E-state index contributed by atoms with van der Waals surface area (Å²) >= 11 is 1.73. The number of hydrogen-bond acceptors (Lipinski definition) is 17. The number of aryl methyl sites for hydroxylation is 4. The van der Waals surface area contributed by atoms with Crippen molar-refractivity contribution < 1.29 is 28.7 Å². The number of hydrogen-bond donors (Lipinski definition) is 5. The third-order valence-electron chi connectivity index (χ3n) is 10.1. The van der Waals surface area contributed by atoms with Crippen LogP contribution in [0.5, 0.6) is 11.5 Å². The first-order valence-corrected chi connectivity index (χ1v) is 24.1.